The molecule has 1 atom stereocenters. The van der Waals surface area contributed by atoms with Crippen LogP contribution in [0.3, 0.4) is 0 Å². The van der Waals surface area contributed by atoms with Crippen LogP contribution in [0.1, 0.15) is 37.8 Å². The van der Waals surface area contributed by atoms with Gasteiger partial charge in [0.15, 0.2) is 0 Å². The van der Waals surface area contributed by atoms with E-state index in [2.05, 4.69) is 5.32 Å². The molecule has 33 heavy (non-hydrogen) atoms. The molecule has 0 aliphatic rings. The molecule has 2 amide bonds. The maximum atomic E-state index is 13.4. The van der Waals surface area contributed by atoms with Crippen molar-refractivity contribution in [1.29, 1.82) is 0 Å². The minimum absolute atomic E-state index is 0.143. The van der Waals surface area contributed by atoms with Gasteiger partial charge in [-0.1, -0.05) is 49.2 Å². The number of sulfonamides is 1. The Labute approximate surface area is 201 Å². The molecule has 2 aromatic rings. The number of hydrogen-bond donors (Lipinski definition) is 1. The average molecular weight is 494 g/mol. The van der Waals surface area contributed by atoms with Crippen LogP contribution < -0.4 is 9.62 Å². The molecule has 0 unspecified atom stereocenters. The Morgan fingerprint density at radius 2 is 1.79 bits per heavy atom. The molecule has 180 valence electrons. The number of nitrogens with zero attached hydrogens (tertiary/aromatic N) is 2. The van der Waals surface area contributed by atoms with E-state index in [1.807, 2.05) is 19.9 Å². The summed E-state index contributed by atoms with van der Waals surface area (Å²) >= 11 is 5.98. The van der Waals surface area contributed by atoms with E-state index in [1.165, 1.54) is 4.90 Å². The molecule has 0 saturated heterocycles. The van der Waals surface area contributed by atoms with E-state index in [1.54, 1.807) is 49.4 Å². The third-order valence-corrected chi connectivity index (χ3v) is 6.62. The van der Waals surface area contributed by atoms with Crippen LogP contribution in [-0.4, -0.2) is 50.5 Å². The van der Waals surface area contributed by atoms with Gasteiger partial charge in [-0.15, -0.1) is 0 Å². The van der Waals surface area contributed by atoms with Gasteiger partial charge in [-0.25, -0.2) is 8.42 Å². The third kappa shape index (κ3) is 8.05. The van der Waals surface area contributed by atoms with Gasteiger partial charge in [0.25, 0.3) is 0 Å². The third-order valence-electron chi connectivity index (χ3n) is 5.23. The van der Waals surface area contributed by atoms with E-state index >= 15 is 0 Å². The highest BCUT2D eigenvalue weighted by Crippen LogP contribution is 2.20. The van der Waals surface area contributed by atoms with Crippen molar-refractivity contribution in [2.24, 2.45) is 0 Å². The molecule has 0 aromatic heterocycles. The molecular formula is C24H32ClN3O4S. The molecule has 0 spiro atoms. The molecule has 0 heterocycles. The summed E-state index contributed by atoms with van der Waals surface area (Å²) in [7, 11) is -3.74. The van der Waals surface area contributed by atoms with Crippen LogP contribution in [0.2, 0.25) is 5.02 Å². The first kappa shape index (κ1) is 26.7. The molecular weight excluding hydrogens is 462 g/mol. The quantitative estimate of drug-likeness (QED) is 0.483. The largest absolute Gasteiger partial charge is 0.354 e. The topological polar surface area (TPSA) is 86.8 Å². The Morgan fingerprint density at radius 1 is 1.12 bits per heavy atom. The van der Waals surface area contributed by atoms with Gasteiger partial charge < -0.3 is 10.2 Å². The van der Waals surface area contributed by atoms with E-state index in [0.717, 1.165) is 34.5 Å². The molecule has 0 radical (unpaired) electrons. The zero-order chi connectivity index (χ0) is 24.6. The van der Waals surface area contributed by atoms with Crippen molar-refractivity contribution in [1.82, 2.24) is 10.2 Å². The van der Waals surface area contributed by atoms with E-state index < -0.39 is 28.5 Å². The number of nitrogens with one attached hydrogen (secondary N) is 1. The van der Waals surface area contributed by atoms with Crippen molar-refractivity contribution in [3.63, 3.8) is 0 Å². The Bertz CT molecular complexity index is 1060. The molecule has 7 nitrogen and oxygen atoms in total. The van der Waals surface area contributed by atoms with Crippen LogP contribution in [0, 0.1) is 6.92 Å². The summed E-state index contributed by atoms with van der Waals surface area (Å²) < 4.78 is 26.1. The maximum absolute atomic E-state index is 13.4. The van der Waals surface area contributed by atoms with Gasteiger partial charge >= 0.3 is 0 Å². The first-order valence-electron chi connectivity index (χ1n) is 10.9. The number of anilines is 1. The lowest BCUT2D eigenvalue weighted by molar-refractivity contribution is -0.139. The van der Waals surface area contributed by atoms with Crippen LogP contribution in [0.4, 0.5) is 5.69 Å². The zero-order valence-corrected chi connectivity index (χ0v) is 21.1. The molecule has 0 saturated carbocycles. The SMILES string of the molecule is CCCCNC(=O)[C@H](C)N(Cc1ccc(Cl)cc1)C(=O)CN(c1cccc(C)c1)S(C)(=O)=O. The summed E-state index contributed by atoms with van der Waals surface area (Å²) in [6.07, 6.45) is 2.83. The summed E-state index contributed by atoms with van der Waals surface area (Å²) in [6.45, 7) is 5.76. The average Bonchev–Trinajstić information content (AvgIpc) is 2.75. The fourth-order valence-corrected chi connectivity index (χ4v) is 4.27. The standard InChI is InChI=1S/C24H32ClN3O4S/c1-5-6-14-26-24(30)19(3)27(16-20-10-12-21(25)13-11-20)23(29)17-28(33(4,31)32)22-9-7-8-18(2)15-22/h7-13,15,19H,5-6,14,16-17H2,1-4H3,(H,26,30)/t19-/m0/s1. The predicted octanol–water partition coefficient (Wildman–Crippen LogP) is 3.75. The number of amides is 2. The van der Waals surface area contributed by atoms with Crippen LogP contribution in [-0.2, 0) is 26.2 Å². The van der Waals surface area contributed by atoms with Crippen molar-refractivity contribution in [3.8, 4) is 0 Å². The van der Waals surface area contributed by atoms with E-state index in [9.17, 15) is 18.0 Å². The van der Waals surface area contributed by atoms with Crippen LogP contribution in [0.25, 0.3) is 0 Å². The zero-order valence-electron chi connectivity index (χ0n) is 19.5. The summed E-state index contributed by atoms with van der Waals surface area (Å²) in [5, 5.41) is 3.41. The Hall–Kier alpha value is -2.58. The highest BCUT2D eigenvalue weighted by molar-refractivity contribution is 7.92. The molecule has 9 heteroatoms. The molecule has 0 aliphatic heterocycles. The molecule has 0 bridgehead atoms. The fourth-order valence-electron chi connectivity index (χ4n) is 3.30. The minimum atomic E-state index is -3.74. The fraction of sp³-hybridized carbons (Fsp3) is 0.417. The summed E-state index contributed by atoms with van der Waals surface area (Å²) in [5.74, 6) is -0.762. The Kier molecular flexibility index (Phi) is 9.73. The predicted molar refractivity (Wildman–Crippen MR) is 133 cm³/mol. The monoisotopic (exact) mass is 493 g/mol. The van der Waals surface area contributed by atoms with Crippen molar-refractivity contribution < 1.29 is 18.0 Å². The highest BCUT2D eigenvalue weighted by atomic mass is 35.5. The smallest absolute Gasteiger partial charge is 0.244 e. The van der Waals surface area contributed by atoms with Gasteiger partial charge in [-0.3, -0.25) is 13.9 Å². The first-order chi connectivity index (χ1) is 15.5. The second-order valence-electron chi connectivity index (χ2n) is 8.08. The lowest BCUT2D eigenvalue weighted by Crippen LogP contribution is -2.51. The summed E-state index contributed by atoms with van der Waals surface area (Å²) in [6, 6.07) is 13.1. The van der Waals surface area contributed by atoms with E-state index in [0.29, 0.717) is 17.3 Å². The lowest BCUT2D eigenvalue weighted by Gasteiger charge is -2.31. The molecule has 0 aliphatic carbocycles. The number of carbonyl (C=O) groups is 2. The van der Waals surface area contributed by atoms with Gasteiger partial charge in [0.2, 0.25) is 21.8 Å². The second kappa shape index (κ2) is 12.0. The maximum Gasteiger partial charge on any atom is 0.244 e. The van der Waals surface area contributed by atoms with Crippen molar-refractivity contribution in [2.45, 2.75) is 46.2 Å². The summed E-state index contributed by atoms with van der Waals surface area (Å²) in [4.78, 5) is 27.6. The number of hydrogen-bond acceptors (Lipinski definition) is 4. The lowest BCUT2D eigenvalue weighted by atomic mass is 10.1. The van der Waals surface area contributed by atoms with Gasteiger partial charge in [0, 0.05) is 18.1 Å². The van der Waals surface area contributed by atoms with Gasteiger partial charge in [0.1, 0.15) is 12.6 Å². The van der Waals surface area contributed by atoms with Crippen LogP contribution >= 0.6 is 11.6 Å². The highest BCUT2D eigenvalue weighted by Gasteiger charge is 2.30. The van der Waals surface area contributed by atoms with E-state index in [4.69, 9.17) is 11.6 Å². The van der Waals surface area contributed by atoms with Gasteiger partial charge in [-0.2, -0.15) is 0 Å². The van der Waals surface area contributed by atoms with E-state index in [-0.39, 0.29) is 12.5 Å². The van der Waals surface area contributed by atoms with Crippen LogP contribution in [0.15, 0.2) is 48.5 Å². The number of halogens is 1. The first-order valence-corrected chi connectivity index (χ1v) is 13.1. The molecule has 2 aromatic carbocycles. The number of carbonyl (C=O) groups excluding carboxylic acids is 2. The van der Waals surface area contributed by atoms with Crippen molar-refractivity contribution >= 4 is 39.1 Å². The number of rotatable bonds is 11. The van der Waals surface area contributed by atoms with Gasteiger partial charge in [-0.05, 0) is 55.7 Å². The number of aryl methyl sites for hydroxylation is 1. The molecule has 0 fully saturated rings. The normalized spacial score (nSPS) is 12.2. The minimum Gasteiger partial charge on any atom is -0.354 e. The summed E-state index contributed by atoms with van der Waals surface area (Å²) in [5.41, 5.74) is 2.05. The number of benzene rings is 2. The molecule has 2 rings (SSSR count). The van der Waals surface area contributed by atoms with Crippen molar-refractivity contribution in [3.05, 3.63) is 64.7 Å². The Morgan fingerprint density at radius 3 is 2.36 bits per heavy atom. The van der Waals surface area contributed by atoms with Gasteiger partial charge in [0.05, 0.1) is 11.9 Å². The van der Waals surface area contributed by atoms with Crippen LogP contribution in [0.5, 0.6) is 0 Å². The van der Waals surface area contributed by atoms with Crippen molar-refractivity contribution in [2.75, 3.05) is 23.7 Å². The number of unbranched alkanes of at least 4 members (excludes halogenated alkanes) is 1. The Balaban J connectivity index is 2.33. The second-order valence-corrected chi connectivity index (χ2v) is 10.4. The molecule has 1 N–H and O–H groups in total.